The van der Waals surface area contributed by atoms with E-state index in [1.807, 2.05) is 0 Å². The average Bonchev–Trinajstić information content (AvgIpc) is 3.27. The van der Waals surface area contributed by atoms with Gasteiger partial charge in [-0.15, -0.1) is 0 Å². The summed E-state index contributed by atoms with van der Waals surface area (Å²) in [6.07, 6.45) is 4.88. The summed E-state index contributed by atoms with van der Waals surface area (Å²) < 4.78 is 13.9. The van der Waals surface area contributed by atoms with Gasteiger partial charge in [0.1, 0.15) is 5.82 Å². The maximum absolute atomic E-state index is 13.9. The maximum Gasteiger partial charge on any atom is 0.230 e. The standard InChI is InChI=1S/C17H22FNO2/c18-15-7-2-1-6-14(15)17(8-9-17)16(21)19-11-12-4-3-5-13(20)10-12/h1-2,6-7,12-13,20H,3-5,8-11H2,(H,19,21). The number of hydrogen-bond donors (Lipinski definition) is 2. The van der Waals surface area contributed by atoms with Crippen LogP contribution < -0.4 is 5.32 Å². The summed E-state index contributed by atoms with van der Waals surface area (Å²) in [7, 11) is 0. The normalized spacial score (nSPS) is 27.1. The van der Waals surface area contributed by atoms with Crippen molar-refractivity contribution in [1.29, 1.82) is 0 Å². The number of benzene rings is 1. The Morgan fingerprint density at radius 3 is 2.76 bits per heavy atom. The van der Waals surface area contributed by atoms with Crippen LogP contribution in [0.25, 0.3) is 0 Å². The van der Waals surface area contributed by atoms with Crippen LogP contribution in [-0.2, 0) is 10.2 Å². The Hall–Kier alpha value is -1.42. The number of hydrogen-bond acceptors (Lipinski definition) is 2. The zero-order valence-electron chi connectivity index (χ0n) is 12.1. The van der Waals surface area contributed by atoms with Crippen LogP contribution in [0.2, 0.25) is 0 Å². The summed E-state index contributed by atoms with van der Waals surface area (Å²) in [5, 5.41) is 12.7. The first kappa shape index (κ1) is 14.5. The predicted molar refractivity (Wildman–Crippen MR) is 78.3 cm³/mol. The second-order valence-electron chi connectivity index (χ2n) is 6.46. The highest BCUT2D eigenvalue weighted by atomic mass is 19.1. The third-order valence-corrected chi connectivity index (χ3v) is 4.88. The quantitative estimate of drug-likeness (QED) is 0.895. The third kappa shape index (κ3) is 2.95. The van der Waals surface area contributed by atoms with E-state index in [1.165, 1.54) is 6.07 Å². The molecule has 0 aliphatic heterocycles. The van der Waals surface area contributed by atoms with Crippen molar-refractivity contribution < 1.29 is 14.3 Å². The highest BCUT2D eigenvalue weighted by molar-refractivity contribution is 5.91. The molecular formula is C17H22FNO2. The first-order valence-corrected chi connectivity index (χ1v) is 7.83. The van der Waals surface area contributed by atoms with Crippen molar-refractivity contribution in [3.05, 3.63) is 35.6 Å². The van der Waals surface area contributed by atoms with Crippen molar-refractivity contribution in [1.82, 2.24) is 5.32 Å². The molecule has 1 amide bonds. The topological polar surface area (TPSA) is 49.3 Å². The van der Waals surface area contributed by atoms with E-state index < -0.39 is 5.41 Å². The Bertz CT molecular complexity index is 527. The van der Waals surface area contributed by atoms with Crippen LogP contribution >= 0.6 is 0 Å². The molecule has 2 unspecified atom stereocenters. The Kier molecular flexibility index (Phi) is 3.98. The zero-order valence-corrected chi connectivity index (χ0v) is 12.1. The number of aliphatic hydroxyl groups excluding tert-OH is 1. The number of rotatable bonds is 4. The molecule has 1 aromatic carbocycles. The van der Waals surface area contributed by atoms with E-state index in [-0.39, 0.29) is 17.8 Å². The lowest BCUT2D eigenvalue weighted by atomic mass is 9.87. The molecule has 0 aromatic heterocycles. The summed E-state index contributed by atoms with van der Waals surface area (Å²) in [5.41, 5.74) is -0.135. The van der Waals surface area contributed by atoms with Gasteiger partial charge in [-0.05, 0) is 44.1 Å². The number of amides is 1. The molecule has 0 radical (unpaired) electrons. The molecule has 0 spiro atoms. The van der Waals surface area contributed by atoms with Crippen LogP contribution in [0.4, 0.5) is 4.39 Å². The lowest BCUT2D eigenvalue weighted by Gasteiger charge is -2.27. The molecule has 2 aliphatic carbocycles. The van der Waals surface area contributed by atoms with Gasteiger partial charge in [0, 0.05) is 12.1 Å². The molecule has 2 aliphatic rings. The molecule has 2 atom stereocenters. The molecule has 0 saturated heterocycles. The number of halogens is 1. The van der Waals surface area contributed by atoms with Gasteiger partial charge in [0.2, 0.25) is 5.91 Å². The van der Waals surface area contributed by atoms with E-state index in [2.05, 4.69) is 5.32 Å². The molecule has 21 heavy (non-hydrogen) atoms. The summed E-state index contributed by atoms with van der Waals surface area (Å²) in [6, 6.07) is 6.56. The van der Waals surface area contributed by atoms with Crippen molar-refractivity contribution in [3.8, 4) is 0 Å². The Morgan fingerprint density at radius 2 is 2.10 bits per heavy atom. The van der Waals surface area contributed by atoms with Crippen LogP contribution in [0, 0.1) is 11.7 Å². The van der Waals surface area contributed by atoms with E-state index >= 15 is 0 Å². The lowest BCUT2D eigenvalue weighted by molar-refractivity contribution is -0.124. The van der Waals surface area contributed by atoms with Gasteiger partial charge in [-0.1, -0.05) is 24.6 Å². The fraction of sp³-hybridized carbons (Fsp3) is 0.588. The molecule has 0 heterocycles. The SMILES string of the molecule is O=C(NCC1CCCC(O)C1)C1(c2ccccc2F)CC1. The van der Waals surface area contributed by atoms with E-state index in [4.69, 9.17) is 0 Å². The van der Waals surface area contributed by atoms with E-state index in [0.717, 1.165) is 25.7 Å². The lowest BCUT2D eigenvalue weighted by Crippen LogP contribution is -2.39. The molecule has 114 valence electrons. The molecule has 4 heteroatoms. The number of aliphatic hydroxyl groups is 1. The van der Waals surface area contributed by atoms with Crippen LogP contribution in [0.5, 0.6) is 0 Å². The summed E-state index contributed by atoms with van der Waals surface area (Å²) >= 11 is 0. The van der Waals surface area contributed by atoms with Crippen molar-refractivity contribution >= 4 is 5.91 Å². The number of carbonyl (C=O) groups is 1. The highest BCUT2D eigenvalue weighted by Gasteiger charge is 2.52. The van der Waals surface area contributed by atoms with Crippen LogP contribution in [0.1, 0.15) is 44.1 Å². The van der Waals surface area contributed by atoms with Crippen LogP contribution in [0.15, 0.2) is 24.3 Å². The minimum Gasteiger partial charge on any atom is -0.393 e. The first-order chi connectivity index (χ1) is 10.1. The second-order valence-corrected chi connectivity index (χ2v) is 6.46. The maximum atomic E-state index is 13.9. The molecule has 0 bridgehead atoms. The molecule has 1 aromatic rings. The number of nitrogens with one attached hydrogen (secondary N) is 1. The van der Waals surface area contributed by atoms with Gasteiger partial charge in [0.05, 0.1) is 11.5 Å². The van der Waals surface area contributed by atoms with Gasteiger partial charge in [0.25, 0.3) is 0 Å². The predicted octanol–water partition coefficient (Wildman–Crippen LogP) is 2.52. The van der Waals surface area contributed by atoms with Crippen molar-refractivity contribution in [2.75, 3.05) is 6.54 Å². The molecule has 2 N–H and O–H groups in total. The Morgan fingerprint density at radius 1 is 1.33 bits per heavy atom. The zero-order chi connectivity index (χ0) is 14.9. The molecule has 3 nitrogen and oxygen atoms in total. The number of carbonyl (C=O) groups excluding carboxylic acids is 1. The first-order valence-electron chi connectivity index (χ1n) is 7.83. The van der Waals surface area contributed by atoms with E-state index in [0.29, 0.717) is 30.9 Å². The summed E-state index contributed by atoms with van der Waals surface area (Å²) in [5.74, 6) is -0.0139. The van der Waals surface area contributed by atoms with Gasteiger partial charge >= 0.3 is 0 Å². The highest BCUT2D eigenvalue weighted by Crippen LogP contribution is 2.49. The monoisotopic (exact) mass is 291 g/mol. The molecule has 2 saturated carbocycles. The summed E-state index contributed by atoms with van der Waals surface area (Å²) in [4.78, 5) is 12.5. The third-order valence-electron chi connectivity index (χ3n) is 4.88. The molecular weight excluding hydrogens is 269 g/mol. The van der Waals surface area contributed by atoms with Gasteiger partial charge in [-0.25, -0.2) is 4.39 Å². The van der Waals surface area contributed by atoms with E-state index in [1.54, 1.807) is 18.2 Å². The fourth-order valence-corrected chi connectivity index (χ4v) is 3.45. The summed E-state index contributed by atoms with van der Waals surface area (Å²) in [6.45, 7) is 0.589. The largest absolute Gasteiger partial charge is 0.393 e. The van der Waals surface area contributed by atoms with Crippen molar-refractivity contribution in [3.63, 3.8) is 0 Å². The van der Waals surface area contributed by atoms with Crippen molar-refractivity contribution in [2.24, 2.45) is 5.92 Å². The smallest absolute Gasteiger partial charge is 0.230 e. The van der Waals surface area contributed by atoms with E-state index in [9.17, 15) is 14.3 Å². The Labute approximate surface area is 124 Å². The molecule has 2 fully saturated rings. The average molecular weight is 291 g/mol. The van der Waals surface area contributed by atoms with Gasteiger partial charge < -0.3 is 10.4 Å². The minimum atomic E-state index is -0.654. The molecule has 3 rings (SSSR count). The van der Waals surface area contributed by atoms with Crippen molar-refractivity contribution in [2.45, 2.75) is 50.0 Å². The van der Waals surface area contributed by atoms with Gasteiger partial charge in [-0.3, -0.25) is 4.79 Å². The Balaban J connectivity index is 1.62. The fourth-order valence-electron chi connectivity index (χ4n) is 3.45. The van der Waals surface area contributed by atoms with Gasteiger partial charge in [-0.2, -0.15) is 0 Å². The van der Waals surface area contributed by atoms with Crippen LogP contribution in [0.3, 0.4) is 0 Å². The second kappa shape index (κ2) is 5.76. The van der Waals surface area contributed by atoms with Crippen LogP contribution in [-0.4, -0.2) is 23.7 Å². The minimum absolute atomic E-state index is 0.0623. The van der Waals surface area contributed by atoms with Gasteiger partial charge in [0.15, 0.2) is 0 Å².